The number of hydrogen-bond acceptors (Lipinski definition) is 4. The van der Waals surface area contributed by atoms with Crippen LogP contribution in [0.15, 0.2) is 47.5 Å². The number of anilines is 1. The van der Waals surface area contributed by atoms with Crippen LogP contribution in [0, 0.1) is 5.82 Å². The molecule has 0 bridgehead atoms. The van der Waals surface area contributed by atoms with E-state index in [1.807, 2.05) is 13.8 Å². The highest BCUT2D eigenvalue weighted by molar-refractivity contribution is 6.32. The molecule has 1 aromatic heterocycles. The first-order valence-electron chi connectivity index (χ1n) is 8.24. The van der Waals surface area contributed by atoms with Crippen molar-refractivity contribution >= 4 is 34.1 Å². The van der Waals surface area contributed by atoms with E-state index in [1.165, 1.54) is 18.5 Å². The number of carbonyl (C=O) groups excluding carboxylic acids is 1. The van der Waals surface area contributed by atoms with E-state index >= 15 is 0 Å². The van der Waals surface area contributed by atoms with E-state index in [0.717, 1.165) is 10.6 Å². The molecule has 2 aromatic carbocycles. The van der Waals surface area contributed by atoms with E-state index in [0.29, 0.717) is 22.0 Å². The van der Waals surface area contributed by atoms with E-state index in [1.54, 1.807) is 18.2 Å². The fourth-order valence-corrected chi connectivity index (χ4v) is 2.75. The molecule has 0 saturated heterocycles. The number of carbonyl (C=O) groups is 1. The lowest BCUT2D eigenvalue weighted by atomic mass is 10.2. The van der Waals surface area contributed by atoms with Crippen LogP contribution in [0.3, 0.4) is 0 Å². The maximum absolute atomic E-state index is 13.4. The van der Waals surface area contributed by atoms with Crippen molar-refractivity contribution in [1.82, 2.24) is 9.55 Å². The van der Waals surface area contributed by atoms with Crippen LogP contribution in [0.5, 0.6) is 5.75 Å². The van der Waals surface area contributed by atoms with E-state index < -0.39 is 17.3 Å². The monoisotopic (exact) mass is 389 g/mol. The van der Waals surface area contributed by atoms with Crippen LogP contribution in [-0.2, 0) is 11.3 Å². The number of nitrogens with zero attached hydrogens (tertiary/aromatic N) is 2. The molecule has 3 aromatic rings. The second-order valence-electron chi connectivity index (χ2n) is 6.20. The van der Waals surface area contributed by atoms with Gasteiger partial charge in [0.15, 0.2) is 0 Å². The topological polar surface area (TPSA) is 73.2 Å². The second-order valence-corrected chi connectivity index (χ2v) is 6.61. The van der Waals surface area contributed by atoms with Gasteiger partial charge in [-0.1, -0.05) is 11.6 Å². The number of aromatic nitrogens is 2. The summed E-state index contributed by atoms with van der Waals surface area (Å²) >= 11 is 6.15. The molecule has 0 radical (unpaired) electrons. The Bertz CT molecular complexity index is 1070. The van der Waals surface area contributed by atoms with Crippen molar-refractivity contribution in [2.24, 2.45) is 0 Å². The highest BCUT2D eigenvalue weighted by Crippen LogP contribution is 2.28. The summed E-state index contributed by atoms with van der Waals surface area (Å²) in [6, 6.07) is 8.62. The van der Waals surface area contributed by atoms with E-state index in [-0.39, 0.29) is 18.0 Å². The zero-order chi connectivity index (χ0) is 19.6. The highest BCUT2D eigenvalue weighted by Gasteiger charge is 2.11. The molecule has 0 aliphatic heterocycles. The molecular weight excluding hydrogens is 373 g/mol. The third-order valence-electron chi connectivity index (χ3n) is 3.68. The molecule has 140 valence electrons. The Balaban J connectivity index is 1.76. The molecular formula is C19H17ClFN3O3. The fourth-order valence-electron chi connectivity index (χ4n) is 2.53. The Morgan fingerprint density at radius 2 is 2.07 bits per heavy atom. The van der Waals surface area contributed by atoms with Gasteiger partial charge in [-0.05, 0) is 50.2 Å². The van der Waals surface area contributed by atoms with Gasteiger partial charge in [-0.2, -0.15) is 0 Å². The first-order chi connectivity index (χ1) is 12.8. The van der Waals surface area contributed by atoms with Crippen LogP contribution in [0.1, 0.15) is 13.8 Å². The minimum absolute atomic E-state index is 0.0277. The molecule has 0 fully saturated rings. The molecule has 0 atom stereocenters. The summed E-state index contributed by atoms with van der Waals surface area (Å²) in [6.07, 6.45) is 1.23. The SMILES string of the molecule is CC(C)Oc1ccc(NC(=O)Cn2cnc3ccc(F)cc3c2=O)cc1Cl. The van der Waals surface area contributed by atoms with Gasteiger partial charge in [0.25, 0.3) is 5.56 Å². The number of benzene rings is 2. The quantitative estimate of drug-likeness (QED) is 0.723. The fraction of sp³-hybridized carbons (Fsp3) is 0.211. The molecule has 8 heteroatoms. The first kappa shape index (κ1) is 18.8. The van der Waals surface area contributed by atoms with Crippen molar-refractivity contribution in [3.63, 3.8) is 0 Å². The predicted molar refractivity (Wildman–Crippen MR) is 102 cm³/mol. The predicted octanol–water partition coefficient (Wildman–Crippen LogP) is 3.61. The van der Waals surface area contributed by atoms with Gasteiger partial charge in [0.2, 0.25) is 5.91 Å². The van der Waals surface area contributed by atoms with Gasteiger partial charge >= 0.3 is 0 Å². The van der Waals surface area contributed by atoms with Gasteiger partial charge in [-0.25, -0.2) is 9.37 Å². The molecule has 3 rings (SSSR count). The Labute approximate surface area is 159 Å². The molecule has 6 nitrogen and oxygen atoms in total. The summed E-state index contributed by atoms with van der Waals surface area (Å²) in [6.45, 7) is 3.50. The Morgan fingerprint density at radius 1 is 1.30 bits per heavy atom. The van der Waals surface area contributed by atoms with Gasteiger partial charge in [0.05, 0.1) is 28.4 Å². The lowest BCUT2D eigenvalue weighted by molar-refractivity contribution is -0.116. The maximum atomic E-state index is 13.4. The van der Waals surface area contributed by atoms with Gasteiger partial charge in [-0.15, -0.1) is 0 Å². The molecule has 1 amide bonds. The van der Waals surface area contributed by atoms with Crippen LogP contribution in [0.4, 0.5) is 10.1 Å². The Hall–Kier alpha value is -2.93. The van der Waals surface area contributed by atoms with Crippen LogP contribution < -0.4 is 15.6 Å². The molecule has 0 saturated carbocycles. The maximum Gasteiger partial charge on any atom is 0.261 e. The standard InChI is InChI=1S/C19H17ClFN3O3/c1-11(2)27-17-6-4-13(8-15(17)20)23-18(25)9-24-10-22-16-5-3-12(21)7-14(16)19(24)26/h3-8,10-11H,9H2,1-2H3,(H,23,25). The summed E-state index contributed by atoms with van der Waals surface area (Å²) < 4.78 is 20.0. The van der Waals surface area contributed by atoms with E-state index in [4.69, 9.17) is 16.3 Å². The Morgan fingerprint density at radius 3 is 2.78 bits per heavy atom. The lowest BCUT2D eigenvalue weighted by Gasteiger charge is -2.13. The summed E-state index contributed by atoms with van der Waals surface area (Å²) in [7, 11) is 0. The number of hydrogen-bond donors (Lipinski definition) is 1. The van der Waals surface area contributed by atoms with Gasteiger partial charge in [-0.3, -0.25) is 14.2 Å². The molecule has 0 aliphatic carbocycles. The number of amides is 1. The number of ether oxygens (including phenoxy) is 1. The van der Waals surface area contributed by atoms with E-state index in [2.05, 4.69) is 10.3 Å². The van der Waals surface area contributed by atoms with Crippen molar-refractivity contribution in [2.45, 2.75) is 26.5 Å². The summed E-state index contributed by atoms with van der Waals surface area (Å²) in [5, 5.41) is 3.13. The highest BCUT2D eigenvalue weighted by atomic mass is 35.5. The average molecular weight is 390 g/mol. The summed E-state index contributed by atoms with van der Waals surface area (Å²) in [5.74, 6) is -0.466. The second kappa shape index (κ2) is 7.75. The molecule has 0 aliphatic rings. The van der Waals surface area contributed by atoms with Crippen molar-refractivity contribution < 1.29 is 13.9 Å². The molecule has 0 unspecified atom stereocenters. The third kappa shape index (κ3) is 4.43. The largest absolute Gasteiger partial charge is 0.489 e. The summed E-state index contributed by atoms with van der Waals surface area (Å²) in [4.78, 5) is 28.7. The molecule has 1 heterocycles. The van der Waals surface area contributed by atoms with E-state index in [9.17, 15) is 14.0 Å². The Kier molecular flexibility index (Phi) is 5.41. The van der Waals surface area contributed by atoms with Gasteiger partial charge < -0.3 is 10.1 Å². The average Bonchev–Trinajstić information content (AvgIpc) is 2.60. The summed E-state index contributed by atoms with van der Waals surface area (Å²) in [5.41, 5.74) is 0.341. The number of fused-ring (bicyclic) bond motifs is 1. The minimum atomic E-state index is -0.540. The van der Waals surface area contributed by atoms with Crippen LogP contribution in [0.2, 0.25) is 5.02 Å². The van der Waals surface area contributed by atoms with Gasteiger partial charge in [0.1, 0.15) is 18.1 Å². The number of rotatable bonds is 5. The molecule has 27 heavy (non-hydrogen) atoms. The van der Waals surface area contributed by atoms with Crippen molar-refractivity contribution in [3.8, 4) is 5.75 Å². The van der Waals surface area contributed by atoms with Crippen molar-refractivity contribution in [3.05, 3.63) is 63.9 Å². The minimum Gasteiger partial charge on any atom is -0.489 e. The molecule has 1 N–H and O–H groups in total. The van der Waals surface area contributed by atoms with Crippen molar-refractivity contribution in [2.75, 3.05) is 5.32 Å². The number of halogens is 2. The number of nitrogens with one attached hydrogen (secondary N) is 1. The normalized spacial score (nSPS) is 11.0. The zero-order valence-electron chi connectivity index (χ0n) is 14.7. The van der Waals surface area contributed by atoms with Crippen molar-refractivity contribution in [1.29, 1.82) is 0 Å². The van der Waals surface area contributed by atoms with Crippen LogP contribution >= 0.6 is 11.6 Å². The van der Waals surface area contributed by atoms with Crippen LogP contribution in [-0.4, -0.2) is 21.6 Å². The lowest BCUT2D eigenvalue weighted by Crippen LogP contribution is -2.28. The molecule has 0 spiro atoms. The van der Waals surface area contributed by atoms with Crippen LogP contribution in [0.25, 0.3) is 10.9 Å². The first-order valence-corrected chi connectivity index (χ1v) is 8.62. The zero-order valence-corrected chi connectivity index (χ0v) is 15.5. The van der Waals surface area contributed by atoms with Gasteiger partial charge in [0, 0.05) is 5.69 Å². The third-order valence-corrected chi connectivity index (χ3v) is 3.97. The smallest absolute Gasteiger partial charge is 0.261 e.